The van der Waals surface area contributed by atoms with Gasteiger partial charge in [-0.25, -0.2) is 0 Å². The van der Waals surface area contributed by atoms with Gasteiger partial charge in [0.1, 0.15) is 5.49 Å². The number of pyridine rings is 2. The molecular weight excluding hydrogens is 174 g/mol. The lowest BCUT2D eigenvalue weighted by Gasteiger charge is -2.04. The lowest BCUT2D eigenvalue weighted by atomic mass is 10.3. The molecule has 3 nitrogen and oxygen atoms in total. The first-order valence-electron chi connectivity index (χ1n) is 4.46. The van der Waals surface area contributed by atoms with Gasteiger partial charge in [-0.2, -0.15) is 0 Å². The second-order valence-electron chi connectivity index (χ2n) is 3.03. The van der Waals surface area contributed by atoms with Crippen molar-refractivity contribution in [3.05, 3.63) is 60.0 Å². The van der Waals surface area contributed by atoms with Crippen LogP contribution in [-0.4, -0.2) is 9.55 Å². The van der Waals surface area contributed by atoms with Crippen molar-refractivity contribution < 1.29 is 0 Å². The molecule has 0 aromatic carbocycles. The van der Waals surface area contributed by atoms with Crippen molar-refractivity contribution in [1.29, 1.82) is 5.41 Å². The molecule has 0 aliphatic carbocycles. The second-order valence-corrected chi connectivity index (χ2v) is 3.03. The topological polar surface area (TPSA) is 41.7 Å². The van der Waals surface area contributed by atoms with E-state index in [9.17, 15) is 0 Å². The van der Waals surface area contributed by atoms with Crippen molar-refractivity contribution in [2.24, 2.45) is 0 Å². The highest BCUT2D eigenvalue weighted by Crippen LogP contribution is 1.95. The molecule has 3 heteroatoms. The predicted octanol–water partition coefficient (Wildman–Crippen LogP) is 1.41. The minimum Gasteiger partial charge on any atom is -0.328 e. The van der Waals surface area contributed by atoms with E-state index in [1.807, 2.05) is 41.1 Å². The van der Waals surface area contributed by atoms with Crippen LogP contribution >= 0.6 is 0 Å². The molecule has 0 unspecified atom stereocenters. The van der Waals surface area contributed by atoms with E-state index in [-0.39, 0.29) is 0 Å². The number of nitrogens with one attached hydrogen (secondary N) is 1. The molecule has 1 N–H and O–H groups in total. The van der Waals surface area contributed by atoms with E-state index in [1.54, 1.807) is 12.3 Å². The van der Waals surface area contributed by atoms with E-state index in [2.05, 4.69) is 4.98 Å². The Labute approximate surface area is 82.2 Å². The minimum absolute atomic E-state index is 0.498. The van der Waals surface area contributed by atoms with E-state index in [0.717, 1.165) is 5.69 Å². The summed E-state index contributed by atoms with van der Waals surface area (Å²) >= 11 is 0. The average Bonchev–Trinajstić information content (AvgIpc) is 2.23. The molecular formula is C11H11N3. The molecule has 14 heavy (non-hydrogen) atoms. The average molecular weight is 185 g/mol. The number of hydrogen-bond donors (Lipinski definition) is 1. The van der Waals surface area contributed by atoms with Gasteiger partial charge in [0.05, 0.1) is 12.2 Å². The van der Waals surface area contributed by atoms with Gasteiger partial charge in [0.25, 0.3) is 0 Å². The van der Waals surface area contributed by atoms with Crippen molar-refractivity contribution in [2.75, 3.05) is 0 Å². The molecule has 0 aliphatic heterocycles. The van der Waals surface area contributed by atoms with Crippen LogP contribution in [0.5, 0.6) is 0 Å². The van der Waals surface area contributed by atoms with Gasteiger partial charge < -0.3 is 4.57 Å². The molecule has 0 atom stereocenters. The Morgan fingerprint density at radius 2 is 2.00 bits per heavy atom. The van der Waals surface area contributed by atoms with Crippen LogP contribution in [0.3, 0.4) is 0 Å². The van der Waals surface area contributed by atoms with Gasteiger partial charge in [-0.15, -0.1) is 0 Å². The van der Waals surface area contributed by atoms with Crippen LogP contribution in [0.1, 0.15) is 5.69 Å². The number of rotatable bonds is 2. The van der Waals surface area contributed by atoms with Gasteiger partial charge in [0.2, 0.25) is 0 Å². The quantitative estimate of drug-likeness (QED) is 0.755. The molecule has 0 amide bonds. The summed E-state index contributed by atoms with van der Waals surface area (Å²) in [7, 11) is 0. The van der Waals surface area contributed by atoms with Gasteiger partial charge in [-0.1, -0.05) is 12.1 Å². The molecule has 0 saturated heterocycles. The zero-order valence-electron chi connectivity index (χ0n) is 7.72. The molecule has 2 aromatic rings. The highest BCUT2D eigenvalue weighted by Gasteiger charge is 1.94. The zero-order valence-corrected chi connectivity index (χ0v) is 7.72. The summed E-state index contributed by atoms with van der Waals surface area (Å²) in [4.78, 5) is 4.21. The zero-order chi connectivity index (χ0) is 9.80. The third-order valence-corrected chi connectivity index (χ3v) is 2.00. The van der Waals surface area contributed by atoms with Crippen molar-refractivity contribution in [1.82, 2.24) is 9.55 Å². The maximum atomic E-state index is 7.66. The Morgan fingerprint density at radius 1 is 1.14 bits per heavy atom. The molecule has 2 rings (SSSR count). The molecule has 0 spiro atoms. The van der Waals surface area contributed by atoms with Crippen LogP contribution in [0, 0.1) is 5.41 Å². The van der Waals surface area contributed by atoms with Crippen LogP contribution in [0.15, 0.2) is 48.8 Å². The Balaban J connectivity index is 2.28. The molecule has 0 saturated carbocycles. The summed E-state index contributed by atoms with van der Waals surface area (Å²) in [5.41, 5.74) is 1.47. The first-order chi connectivity index (χ1) is 6.86. The third kappa shape index (κ3) is 1.88. The van der Waals surface area contributed by atoms with Gasteiger partial charge >= 0.3 is 0 Å². The van der Waals surface area contributed by atoms with Gasteiger partial charge in [-0.05, 0) is 24.3 Å². The van der Waals surface area contributed by atoms with Crippen LogP contribution in [0.2, 0.25) is 0 Å². The number of nitrogens with zero attached hydrogens (tertiary/aromatic N) is 2. The Bertz CT molecular complexity index is 459. The lowest BCUT2D eigenvalue weighted by molar-refractivity contribution is 0.714. The van der Waals surface area contributed by atoms with Crippen LogP contribution in [0.25, 0.3) is 0 Å². The Morgan fingerprint density at radius 3 is 2.71 bits per heavy atom. The Kier molecular flexibility index (Phi) is 2.40. The summed E-state index contributed by atoms with van der Waals surface area (Å²) in [6.07, 6.45) is 3.65. The number of hydrogen-bond acceptors (Lipinski definition) is 2. The van der Waals surface area contributed by atoms with E-state index in [0.29, 0.717) is 12.0 Å². The maximum Gasteiger partial charge on any atom is 0.124 e. The Hall–Kier alpha value is -1.90. The van der Waals surface area contributed by atoms with Crippen molar-refractivity contribution in [3.63, 3.8) is 0 Å². The predicted molar refractivity (Wildman–Crippen MR) is 53.6 cm³/mol. The lowest BCUT2D eigenvalue weighted by Crippen LogP contribution is -2.18. The van der Waals surface area contributed by atoms with Gasteiger partial charge in [-0.3, -0.25) is 10.4 Å². The standard InChI is InChI=1S/C11H11N3/c12-11-6-2-4-8-14(11)9-10-5-1-3-7-13-10/h1-8,12H,9H2. The smallest absolute Gasteiger partial charge is 0.124 e. The fraction of sp³-hybridized carbons (Fsp3) is 0.0909. The normalized spacial score (nSPS) is 10.0. The minimum atomic E-state index is 0.498. The van der Waals surface area contributed by atoms with E-state index < -0.39 is 0 Å². The van der Waals surface area contributed by atoms with E-state index in [4.69, 9.17) is 5.41 Å². The highest BCUT2D eigenvalue weighted by molar-refractivity contribution is 5.05. The van der Waals surface area contributed by atoms with Crippen molar-refractivity contribution in [3.8, 4) is 0 Å². The van der Waals surface area contributed by atoms with Crippen LogP contribution in [0.4, 0.5) is 0 Å². The fourth-order valence-electron chi connectivity index (χ4n) is 1.28. The highest BCUT2D eigenvalue weighted by atomic mass is 15.0. The second kappa shape index (κ2) is 3.87. The molecule has 0 fully saturated rings. The molecule has 0 bridgehead atoms. The summed E-state index contributed by atoms with van der Waals surface area (Å²) in [6.45, 7) is 0.653. The summed E-state index contributed by atoms with van der Waals surface area (Å²) in [6, 6.07) is 11.3. The van der Waals surface area contributed by atoms with Crippen LogP contribution in [-0.2, 0) is 6.54 Å². The molecule has 70 valence electrons. The molecule has 2 heterocycles. The number of aromatic nitrogens is 2. The van der Waals surface area contributed by atoms with Crippen molar-refractivity contribution >= 4 is 0 Å². The molecule has 0 radical (unpaired) electrons. The van der Waals surface area contributed by atoms with Gasteiger partial charge in [0, 0.05) is 12.4 Å². The summed E-state index contributed by atoms with van der Waals surface area (Å²) in [5, 5.41) is 7.66. The first kappa shape index (κ1) is 8.69. The molecule has 0 aliphatic rings. The van der Waals surface area contributed by atoms with E-state index in [1.165, 1.54) is 0 Å². The largest absolute Gasteiger partial charge is 0.328 e. The van der Waals surface area contributed by atoms with E-state index >= 15 is 0 Å². The van der Waals surface area contributed by atoms with Crippen molar-refractivity contribution in [2.45, 2.75) is 6.54 Å². The first-order valence-corrected chi connectivity index (χ1v) is 4.46. The third-order valence-electron chi connectivity index (χ3n) is 2.00. The summed E-state index contributed by atoms with van der Waals surface area (Å²) < 4.78 is 1.85. The molecule has 2 aromatic heterocycles. The van der Waals surface area contributed by atoms with Gasteiger partial charge in [0.15, 0.2) is 0 Å². The van der Waals surface area contributed by atoms with Crippen LogP contribution < -0.4 is 5.49 Å². The fourth-order valence-corrected chi connectivity index (χ4v) is 1.28. The monoisotopic (exact) mass is 185 g/mol. The SMILES string of the molecule is N=c1ccccn1Cc1ccccn1. The maximum absolute atomic E-state index is 7.66. The summed E-state index contributed by atoms with van der Waals surface area (Å²) in [5.74, 6) is 0.